The molecule has 1 fully saturated rings. The molecule has 2 rings (SSSR count). The van der Waals surface area contributed by atoms with Crippen molar-refractivity contribution in [1.29, 1.82) is 0 Å². The maximum atomic E-state index is 11.1. The predicted octanol–water partition coefficient (Wildman–Crippen LogP) is -0.165. The van der Waals surface area contributed by atoms with Crippen LogP contribution in [0.2, 0.25) is 0 Å². The average Bonchev–Trinajstić information content (AvgIpc) is 2.68. The number of benzene rings is 1. The van der Waals surface area contributed by atoms with E-state index in [0.29, 0.717) is 0 Å². The number of nitro benzene ring substituents is 1. The van der Waals surface area contributed by atoms with Gasteiger partial charge < -0.3 is 20.2 Å². The maximum absolute atomic E-state index is 11.1. The SMILES string of the molecule is O=C(O)c1cc([N+](=O)[O-])ccc1N1CC(O)C(O)C1. The molecule has 0 aliphatic carbocycles. The van der Waals surface area contributed by atoms with Crippen molar-refractivity contribution in [1.82, 2.24) is 0 Å². The number of carbonyl (C=O) groups is 1. The summed E-state index contributed by atoms with van der Waals surface area (Å²) < 4.78 is 0. The Morgan fingerprint density at radius 2 is 1.89 bits per heavy atom. The number of rotatable bonds is 3. The molecule has 8 nitrogen and oxygen atoms in total. The lowest BCUT2D eigenvalue weighted by Gasteiger charge is -2.19. The minimum absolute atomic E-state index is 0.0826. The number of β-amino-alcohol motifs (C(OH)–C–C–N with tert-alkyl or cyclic N) is 2. The second kappa shape index (κ2) is 4.82. The fourth-order valence-corrected chi connectivity index (χ4v) is 2.05. The number of nitro groups is 1. The first kappa shape index (κ1) is 13.2. The highest BCUT2D eigenvalue weighted by Gasteiger charge is 2.32. The van der Waals surface area contributed by atoms with Crippen molar-refractivity contribution >= 4 is 17.3 Å². The molecule has 8 heteroatoms. The van der Waals surface area contributed by atoms with Gasteiger partial charge in [-0.3, -0.25) is 10.1 Å². The summed E-state index contributed by atoms with van der Waals surface area (Å²) in [6.07, 6.45) is -1.92. The number of aliphatic hydroxyl groups is 2. The second-order valence-electron chi connectivity index (χ2n) is 4.30. The van der Waals surface area contributed by atoms with Gasteiger partial charge in [-0.15, -0.1) is 0 Å². The van der Waals surface area contributed by atoms with Gasteiger partial charge in [0, 0.05) is 25.2 Å². The van der Waals surface area contributed by atoms with E-state index in [9.17, 15) is 25.1 Å². The fraction of sp³-hybridized carbons (Fsp3) is 0.364. The molecule has 0 spiro atoms. The normalized spacial score (nSPS) is 22.5. The summed E-state index contributed by atoms with van der Waals surface area (Å²) in [5, 5.41) is 38.6. The van der Waals surface area contributed by atoms with Gasteiger partial charge in [0.05, 0.1) is 28.4 Å². The van der Waals surface area contributed by atoms with Crippen LogP contribution in [0, 0.1) is 10.1 Å². The molecule has 1 saturated heterocycles. The van der Waals surface area contributed by atoms with Crippen LogP contribution in [0.4, 0.5) is 11.4 Å². The third-order valence-electron chi connectivity index (χ3n) is 3.02. The number of carboxylic acid groups (broad SMARTS) is 1. The van der Waals surface area contributed by atoms with E-state index >= 15 is 0 Å². The summed E-state index contributed by atoms with van der Waals surface area (Å²) >= 11 is 0. The van der Waals surface area contributed by atoms with Crippen molar-refractivity contribution in [3.05, 3.63) is 33.9 Å². The Hall–Kier alpha value is -2.19. The van der Waals surface area contributed by atoms with Crippen molar-refractivity contribution in [2.24, 2.45) is 0 Å². The summed E-state index contributed by atoms with van der Waals surface area (Å²) in [7, 11) is 0. The van der Waals surface area contributed by atoms with Gasteiger partial charge >= 0.3 is 5.97 Å². The Balaban J connectivity index is 2.40. The van der Waals surface area contributed by atoms with Crippen LogP contribution in [0.5, 0.6) is 0 Å². The van der Waals surface area contributed by atoms with Gasteiger partial charge in [-0.25, -0.2) is 4.79 Å². The Kier molecular flexibility index (Phi) is 3.36. The second-order valence-corrected chi connectivity index (χ2v) is 4.30. The molecule has 0 radical (unpaired) electrons. The molecule has 1 heterocycles. The molecule has 0 amide bonds. The van der Waals surface area contributed by atoms with Crippen molar-refractivity contribution in [2.45, 2.75) is 12.2 Å². The van der Waals surface area contributed by atoms with Crippen molar-refractivity contribution < 1.29 is 25.0 Å². The van der Waals surface area contributed by atoms with Gasteiger partial charge in [0.1, 0.15) is 0 Å². The molecule has 1 aliphatic heterocycles. The number of non-ortho nitro benzene ring substituents is 1. The van der Waals surface area contributed by atoms with Gasteiger partial charge in [0.15, 0.2) is 0 Å². The molecular formula is C11H12N2O6. The lowest BCUT2D eigenvalue weighted by molar-refractivity contribution is -0.384. The maximum Gasteiger partial charge on any atom is 0.338 e. The lowest BCUT2D eigenvalue weighted by atomic mass is 10.1. The number of aromatic carboxylic acids is 1. The summed E-state index contributed by atoms with van der Waals surface area (Å²) in [6, 6.07) is 3.47. The van der Waals surface area contributed by atoms with Crippen LogP contribution in [0.3, 0.4) is 0 Å². The Morgan fingerprint density at radius 1 is 1.32 bits per heavy atom. The number of hydrogen-bond donors (Lipinski definition) is 3. The van der Waals surface area contributed by atoms with Crippen molar-refractivity contribution in [3.63, 3.8) is 0 Å². The number of carboxylic acids is 1. The van der Waals surface area contributed by atoms with Gasteiger partial charge in [0.25, 0.3) is 5.69 Å². The summed E-state index contributed by atoms with van der Waals surface area (Å²) in [6.45, 7) is 0.165. The van der Waals surface area contributed by atoms with E-state index in [2.05, 4.69) is 0 Å². The van der Waals surface area contributed by atoms with Crippen LogP contribution in [0.15, 0.2) is 18.2 Å². The molecular weight excluding hydrogens is 256 g/mol. The van der Waals surface area contributed by atoms with E-state index in [1.54, 1.807) is 0 Å². The van der Waals surface area contributed by atoms with Crippen LogP contribution >= 0.6 is 0 Å². The van der Waals surface area contributed by atoms with Crippen LogP contribution < -0.4 is 4.90 Å². The summed E-state index contributed by atoms with van der Waals surface area (Å²) in [5.41, 5.74) is -0.300. The summed E-state index contributed by atoms with van der Waals surface area (Å²) in [5.74, 6) is -1.30. The van der Waals surface area contributed by atoms with Crippen LogP contribution in [0.25, 0.3) is 0 Å². The Bertz CT molecular complexity index is 522. The molecule has 3 N–H and O–H groups in total. The zero-order chi connectivity index (χ0) is 14.2. The van der Waals surface area contributed by atoms with Crippen LogP contribution in [-0.4, -0.2) is 51.5 Å². The minimum atomic E-state index is -1.30. The molecule has 1 aliphatic rings. The average molecular weight is 268 g/mol. The first-order chi connectivity index (χ1) is 8.90. The molecule has 1 aromatic rings. The first-order valence-corrected chi connectivity index (χ1v) is 5.53. The molecule has 0 aromatic heterocycles. The van der Waals surface area contributed by atoms with E-state index in [0.717, 1.165) is 6.07 Å². The van der Waals surface area contributed by atoms with E-state index in [-0.39, 0.29) is 30.0 Å². The fourth-order valence-electron chi connectivity index (χ4n) is 2.05. The smallest absolute Gasteiger partial charge is 0.338 e. The standard InChI is InChI=1S/C11H12N2O6/c14-9-4-12(5-10(9)15)8-2-1-6(13(18)19)3-7(8)11(16)17/h1-3,9-10,14-15H,4-5H2,(H,16,17). The van der Waals surface area contributed by atoms with Gasteiger partial charge in [-0.05, 0) is 6.07 Å². The molecule has 2 atom stereocenters. The largest absolute Gasteiger partial charge is 0.478 e. The molecule has 0 saturated carbocycles. The molecule has 2 unspecified atom stereocenters. The minimum Gasteiger partial charge on any atom is -0.478 e. The number of hydrogen-bond acceptors (Lipinski definition) is 6. The topological polar surface area (TPSA) is 124 Å². The number of anilines is 1. The van der Waals surface area contributed by atoms with E-state index in [4.69, 9.17) is 5.11 Å². The lowest BCUT2D eigenvalue weighted by Crippen LogP contribution is -2.23. The number of aliphatic hydroxyl groups excluding tert-OH is 2. The van der Waals surface area contributed by atoms with Crippen molar-refractivity contribution in [2.75, 3.05) is 18.0 Å². The first-order valence-electron chi connectivity index (χ1n) is 5.53. The zero-order valence-corrected chi connectivity index (χ0v) is 9.76. The third kappa shape index (κ3) is 2.49. The Labute approximate surface area is 107 Å². The monoisotopic (exact) mass is 268 g/mol. The molecule has 1 aromatic carbocycles. The van der Waals surface area contributed by atoms with Crippen LogP contribution in [-0.2, 0) is 0 Å². The highest BCUT2D eigenvalue weighted by molar-refractivity contribution is 5.95. The van der Waals surface area contributed by atoms with Crippen molar-refractivity contribution in [3.8, 4) is 0 Å². The predicted molar refractivity (Wildman–Crippen MR) is 64.3 cm³/mol. The summed E-state index contributed by atoms with van der Waals surface area (Å²) in [4.78, 5) is 22.6. The Morgan fingerprint density at radius 3 is 2.37 bits per heavy atom. The highest BCUT2D eigenvalue weighted by Crippen LogP contribution is 2.28. The van der Waals surface area contributed by atoms with E-state index in [1.807, 2.05) is 0 Å². The van der Waals surface area contributed by atoms with Crippen LogP contribution in [0.1, 0.15) is 10.4 Å². The highest BCUT2D eigenvalue weighted by atomic mass is 16.6. The molecule has 0 bridgehead atoms. The molecule has 102 valence electrons. The quantitative estimate of drug-likeness (QED) is 0.513. The van der Waals surface area contributed by atoms with Gasteiger partial charge in [-0.1, -0.05) is 0 Å². The molecule has 19 heavy (non-hydrogen) atoms. The van der Waals surface area contributed by atoms with Gasteiger partial charge in [0.2, 0.25) is 0 Å². The van der Waals surface area contributed by atoms with Gasteiger partial charge in [-0.2, -0.15) is 0 Å². The number of nitrogens with zero attached hydrogens (tertiary/aromatic N) is 2. The van der Waals surface area contributed by atoms with E-state index < -0.39 is 23.1 Å². The zero-order valence-electron chi connectivity index (χ0n) is 9.76. The third-order valence-corrected chi connectivity index (χ3v) is 3.02. The van der Waals surface area contributed by atoms with E-state index in [1.165, 1.54) is 17.0 Å².